The third kappa shape index (κ3) is 2.99. The predicted molar refractivity (Wildman–Crippen MR) is 93.8 cm³/mol. The average molecular weight is 365 g/mol. The van der Waals surface area contributed by atoms with Crippen LogP contribution in [0.3, 0.4) is 0 Å². The largest absolute Gasteiger partial charge is 0.480 e. The summed E-state index contributed by atoms with van der Waals surface area (Å²) in [4.78, 5) is 25.7. The maximum atomic E-state index is 12.6. The zero-order chi connectivity index (χ0) is 17.4. The van der Waals surface area contributed by atoms with Gasteiger partial charge in [-0.2, -0.15) is 0 Å². The number of carboxylic acid groups (broad SMARTS) is 1. The lowest BCUT2D eigenvalue weighted by Gasteiger charge is -2.26. The van der Waals surface area contributed by atoms with Crippen molar-refractivity contribution >= 4 is 46.3 Å². The maximum Gasteiger partial charge on any atom is 0.327 e. The van der Waals surface area contributed by atoms with Gasteiger partial charge in [-0.1, -0.05) is 43.9 Å². The number of rotatable bonds is 4. The average Bonchev–Trinajstić information content (AvgIpc) is 3.06. The number of hydrogen-bond acceptors (Lipinski definition) is 6. The van der Waals surface area contributed by atoms with Crippen molar-refractivity contribution in [1.82, 2.24) is 4.90 Å². The third-order valence-electron chi connectivity index (χ3n) is 3.68. The second-order valence-corrected chi connectivity index (χ2v) is 7.37. The molecule has 8 heteroatoms. The van der Waals surface area contributed by atoms with Gasteiger partial charge in [-0.15, -0.1) is 0 Å². The number of nitrogens with zero attached hydrogens (tertiary/aromatic N) is 1. The van der Waals surface area contributed by atoms with E-state index in [2.05, 4.69) is 0 Å². The summed E-state index contributed by atoms with van der Waals surface area (Å²) in [6.45, 7) is 3.67. The van der Waals surface area contributed by atoms with E-state index in [0.717, 1.165) is 17.3 Å². The molecule has 24 heavy (non-hydrogen) atoms. The quantitative estimate of drug-likeness (QED) is 0.649. The molecule has 0 bridgehead atoms. The van der Waals surface area contributed by atoms with Gasteiger partial charge in [0.15, 0.2) is 11.5 Å². The van der Waals surface area contributed by atoms with Crippen molar-refractivity contribution in [3.05, 3.63) is 28.7 Å². The molecule has 2 heterocycles. The minimum absolute atomic E-state index is 0.176. The van der Waals surface area contributed by atoms with Crippen molar-refractivity contribution in [2.45, 2.75) is 19.9 Å². The van der Waals surface area contributed by atoms with Crippen LogP contribution in [0.1, 0.15) is 19.4 Å². The van der Waals surface area contributed by atoms with Gasteiger partial charge in [-0.3, -0.25) is 9.69 Å². The Bertz CT molecular complexity index is 759. The van der Waals surface area contributed by atoms with E-state index >= 15 is 0 Å². The fraction of sp³-hybridized carbons (Fsp3) is 0.312. The fourth-order valence-corrected chi connectivity index (χ4v) is 3.90. The number of benzene rings is 1. The molecule has 1 saturated heterocycles. The number of fused-ring (bicyclic) bond motifs is 1. The summed E-state index contributed by atoms with van der Waals surface area (Å²) >= 11 is 6.33. The molecule has 0 aliphatic carbocycles. The highest BCUT2D eigenvalue weighted by Gasteiger charge is 2.41. The number of ether oxygens (including phenoxy) is 2. The number of carbonyl (C=O) groups excluding carboxylic acids is 1. The molecule has 1 fully saturated rings. The predicted octanol–water partition coefficient (Wildman–Crippen LogP) is 2.73. The van der Waals surface area contributed by atoms with Gasteiger partial charge in [0.1, 0.15) is 10.4 Å². The van der Waals surface area contributed by atoms with E-state index in [0.29, 0.717) is 16.4 Å². The summed E-state index contributed by atoms with van der Waals surface area (Å²) in [6, 6.07) is 4.37. The summed E-state index contributed by atoms with van der Waals surface area (Å²) in [7, 11) is 0. The number of thioether (sulfide) groups is 1. The van der Waals surface area contributed by atoms with Crippen LogP contribution < -0.4 is 9.47 Å². The highest BCUT2D eigenvalue weighted by Crippen LogP contribution is 2.37. The van der Waals surface area contributed by atoms with Crippen molar-refractivity contribution in [2.24, 2.45) is 5.92 Å². The van der Waals surface area contributed by atoms with E-state index < -0.39 is 12.0 Å². The number of carbonyl (C=O) groups is 2. The molecule has 0 saturated carbocycles. The summed E-state index contributed by atoms with van der Waals surface area (Å²) in [5.41, 5.74) is 0.760. The molecule has 1 amide bonds. The lowest BCUT2D eigenvalue weighted by Crippen LogP contribution is -2.47. The minimum Gasteiger partial charge on any atom is -0.480 e. The van der Waals surface area contributed by atoms with E-state index in [1.165, 1.54) is 4.90 Å². The van der Waals surface area contributed by atoms with Crippen molar-refractivity contribution in [2.75, 3.05) is 6.79 Å². The summed E-state index contributed by atoms with van der Waals surface area (Å²) in [5.74, 6) is -0.431. The van der Waals surface area contributed by atoms with Crippen LogP contribution in [-0.2, 0) is 9.59 Å². The zero-order valence-corrected chi connectivity index (χ0v) is 14.6. The SMILES string of the molecule is CC(C)[C@H](C(=O)O)N1C(=O)/C(=C\c2ccc3c(c2)OCO3)SC1=S. The van der Waals surface area contributed by atoms with Gasteiger partial charge >= 0.3 is 5.97 Å². The number of aliphatic carboxylic acids is 1. The van der Waals surface area contributed by atoms with Crippen molar-refractivity contribution in [3.8, 4) is 11.5 Å². The number of amides is 1. The van der Waals surface area contributed by atoms with Gasteiger partial charge in [0.2, 0.25) is 6.79 Å². The lowest BCUT2D eigenvalue weighted by molar-refractivity contribution is -0.146. The van der Waals surface area contributed by atoms with Gasteiger partial charge in [0.05, 0.1) is 4.91 Å². The first-order valence-corrected chi connectivity index (χ1v) is 8.50. The molecule has 0 spiro atoms. The Kier molecular flexibility index (Phi) is 4.51. The molecule has 1 aromatic rings. The van der Waals surface area contributed by atoms with Crippen molar-refractivity contribution in [3.63, 3.8) is 0 Å². The molecule has 0 unspecified atom stereocenters. The number of hydrogen-bond donors (Lipinski definition) is 1. The van der Waals surface area contributed by atoms with Crippen LogP contribution >= 0.6 is 24.0 Å². The summed E-state index contributed by atoms with van der Waals surface area (Å²) < 4.78 is 10.8. The second-order valence-electron chi connectivity index (χ2n) is 5.69. The van der Waals surface area contributed by atoms with E-state index in [9.17, 15) is 14.7 Å². The highest BCUT2D eigenvalue weighted by molar-refractivity contribution is 8.26. The first-order valence-electron chi connectivity index (χ1n) is 7.28. The van der Waals surface area contributed by atoms with Crippen LogP contribution in [0, 0.1) is 5.92 Å². The van der Waals surface area contributed by atoms with Gasteiger partial charge in [-0.05, 0) is 29.7 Å². The van der Waals surface area contributed by atoms with E-state index in [-0.39, 0.29) is 22.9 Å². The standard InChI is InChI=1S/C16H15NO5S2/c1-8(2)13(15(19)20)17-14(18)12(24-16(17)23)6-9-3-4-10-11(5-9)22-7-21-10/h3-6,8,13H,7H2,1-2H3,(H,19,20)/b12-6+/t13-/m1/s1. The molecule has 0 radical (unpaired) electrons. The molecule has 1 atom stereocenters. The Labute approximate surface area is 148 Å². The van der Waals surface area contributed by atoms with E-state index in [4.69, 9.17) is 21.7 Å². The second kappa shape index (κ2) is 6.45. The lowest BCUT2D eigenvalue weighted by atomic mass is 10.0. The van der Waals surface area contributed by atoms with Crippen LogP contribution in [0.4, 0.5) is 0 Å². The van der Waals surface area contributed by atoms with E-state index in [1.807, 2.05) is 0 Å². The molecular weight excluding hydrogens is 350 g/mol. The van der Waals surface area contributed by atoms with Crippen molar-refractivity contribution < 1.29 is 24.2 Å². The van der Waals surface area contributed by atoms with Crippen LogP contribution in [-0.4, -0.2) is 39.0 Å². The molecule has 1 aromatic carbocycles. The Morgan fingerprint density at radius 3 is 2.75 bits per heavy atom. The summed E-state index contributed by atoms with van der Waals surface area (Å²) in [6.07, 6.45) is 1.68. The zero-order valence-electron chi connectivity index (χ0n) is 13.0. The van der Waals surface area contributed by atoms with Crippen molar-refractivity contribution in [1.29, 1.82) is 0 Å². The van der Waals surface area contributed by atoms with Crippen LogP contribution in [0.2, 0.25) is 0 Å². The molecule has 3 rings (SSSR count). The van der Waals surface area contributed by atoms with Gasteiger partial charge in [0.25, 0.3) is 5.91 Å². The maximum absolute atomic E-state index is 12.6. The third-order valence-corrected chi connectivity index (χ3v) is 5.01. The van der Waals surface area contributed by atoms with Crippen LogP contribution in [0.5, 0.6) is 11.5 Å². The molecule has 6 nitrogen and oxygen atoms in total. The van der Waals surface area contributed by atoms with Gasteiger partial charge in [0, 0.05) is 0 Å². The molecule has 2 aliphatic rings. The Morgan fingerprint density at radius 2 is 2.08 bits per heavy atom. The monoisotopic (exact) mass is 365 g/mol. The first kappa shape index (κ1) is 16.8. The Balaban J connectivity index is 1.89. The number of carboxylic acids is 1. The molecule has 2 aliphatic heterocycles. The van der Waals surface area contributed by atoms with E-state index in [1.54, 1.807) is 38.1 Å². The summed E-state index contributed by atoms with van der Waals surface area (Å²) in [5, 5.41) is 9.41. The smallest absolute Gasteiger partial charge is 0.327 e. The van der Waals surface area contributed by atoms with Crippen LogP contribution in [0.25, 0.3) is 6.08 Å². The first-order chi connectivity index (χ1) is 11.4. The fourth-order valence-electron chi connectivity index (χ4n) is 2.57. The molecule has 126 valence electrons. The normalized spacial score (nSPS) is 19.5. The topological polar surface area (TPSA) is 76.1 Å². The van der Waals surface area contributed by atoms with Gasteiger partial charge in [-0.25, -0.2) is 4.79 Å². The Morgan fingerprint density at radius 1 is 1.38 bits per heavy atom. The molecule has 1 N–H and O–H groups in total. The highest BCUT2D eigenvalue weighted by atomic mass is 32.2. The minimum atomic E-state index is -1.06. The Hall–Kier alpha value is -2.06. The number of thiocarbonyl (C=S) groups is 1. The van der Waals surface area contributed by atoms with Crippen LogP contribution in [0.15, 0.2) is 23.1 Å². The molecular formula is C16H15NO5S2. The van der Waals surface area contributed by atoms with Gasteiger partial charge < -0.3 is 14.6 Å². The molecule has 0 aromatic heterocycles.